The minimum atomic E-state index is 0. The van der Waals surface area contributed by atoms with Crippen LogP contribution in [0.1, 0.15) is 25.7 Å². The SMILES string of the molecule is C1=C(CSC2=N[C@@H]3CCCC[C@H]3N2)N2CCN=C2S1.Cl.Cl. The maximum absolute atomic E-state index is 4.84. The minimum Gasteiger partial charge on any atom is -0.360 e. The van der Waals surface area contributed by atoms with Crippen molar-refractivity contribution in [1.29, 1.82) is 0 Å². The summed E-state index contributed by atoms with van der Waals surface area (Å²) in [5, 5.41) is 8.20. The zero-order chi connectivity index (χ0) is 12.7. The van der Waals surface area contributed by atoms with Crippen LogP contribution in [0.2, 0.25) is 0 Å². The zero-order valence-electron chi connectivity index (χ0n) is 11.7. The van der Waals surface area contributed by atoms with Crippen LogP contribution in [-0.2, 0) is 0 Å². The molecule has 0 aromatic rings. The molecule has 4 aliphatic rings. The van der Waals surface area contributed by atoms with Crippen LogP contribution in [0.25, 0.3) is 0 Å². The van der Waals surface area contributed by atoms with Crippen molar-refractivity contribution in [3.05, 3.63) is 11.1 Å². The van der Waals surface area contributed by atoms with E-state index in [0.29, 0.717) is 12.1 Å². The molecule has 0 aromatic heterocycles. The first-order chi connectivity index (χ1) is 9.40. The number of fused-ring (bicyclic) bond motifs is 2. The van der Waals surface area contributed by atoms with Gasteiger partial charge < -0.3 is 10.2 Å². The molecule has 1 saturated carbocycles. The smallest absolute Gasteiger partial charge is 0.167 e. The molecule has 8 heteroatoms. The average molecular weight is 367 g/mol. The number of halogens is 2. The second-order valence-electron chi connectivity index (χ2n) is 5.37. The second kappa shape index (κ2) is 7.49. The van der Waals surface area contributed by atoms with Gasteiger partial charge in [-0.1, -0.05) is 36.4 Å². The summed E-state index contributed by atoms with van der Waals surface area (Å²) >= 11 is 3.62. The molecule has 4 nitrogen and oxygen atoms in total. The normalized spacial score (nSPS) is 29.3. The van der Waals surface area contributed by atoms with Gasteiger partial charge in [0.25, 0.3) is 0 Å². The van der Waals surface area contributed by atoms with E-state index in [1.54, 1.807) is 11.8 Å². The molecule has 0 unspecified atom stereocenters. The van der Waals surface area contributed by atoms with E-state index in [1.807, 2.05) is 11.8 Å². The summed E-state index contributed by atoms with van der Waals surface area (Å²) in [5.74, 6) is 1.01. The Labute approximate surface area is 146 Å². The molecule has 21 heavy (non-hydrogen) atoms. The van der Waals surface area contributed by atoms with E-state index < -0.39 is 0 Å². The molecular weight excluding hydrogens is 347 g/mol. The van der Waals surface area contributed by atoms with Crippen LogP contribution in [0.5, 0.6) is 0 Å². The standard InChI is InChI=1S/C13H18N4S2.2ClH/c1-2-4-11-10(3-1)15-12(16-11)18-7-9-8-19-13-14-5-6-17(9)13;;/h8,10-11H,1-7H2,(H,15,16);2*1H/t10-,11-;;/m1../s1. The third kappa shape index (κ3) is 3.49. The quantitative estimate of drug-likeness (QED) is 0.814. The minimum absolute atomic E-state index is 0. The topological polar surface area (TPSA) is 40.0 Å². The summed E-state index contributed by atoms with van der Waals surface area (Å²) in [6, 6.07) is 1.17. The fraction of sp³-hybridized carbons (Fsp3) is 0.692. The van der Waals surface area contributed by atoms with Gasteiger partial charge in [0.1, 0.15) is 0 Å². The number of hydrogen-bond acceptors (Lipinski definition) is 6. The number of aliphatic imine (C=N–C) groups is 2. The average Bonchev–Trinajstić information content (AvgIpc) is 3.11. The highest BCUT2D eigenvalue weighted by Crippen LogP contribution is 2.32. The monoisotopic (exact) mass is 366 g/mol. The molecule has 1 aliphatic carbocycles. The number of nitrogens with zero attached hydrogens (tertiary/aromatic N) is 3. The summed E-state index contributed by atoms with van der Waals surface area (Å²) < 4.78 is 0. The number of rotatable bonds is 2. The lowest BCUT2D eigenvalue weighted by atomic mass is 9.92. The Balaban J connectivity index is 0.000000807. The van der Waals surface area contributed by atoms with Gasteiger partial charge in [-0.3, -0.25) is 9.98 Å². The molecule has 0 saturated heterocycles. The lowest BCUT2D eigenvalue weighted by molar-refractivity contribution is 0.385. The molecular formula is C13H20Cl2N4S2. The maximum atomic E-state index is 4.84. The Morgan fingerprint density at radius 2 is 2.19 bits per heavy atom. The predicted octanol–water partition coefficient (Wildman–Crippen LogP) is 3.09. The molecule has 2 atom stereocenters. The first-order valence-electron chi connectivity index (χ1n) is 7.05. The molecule has 3 heterocycles. The highest BCUT2D eigenvalue weighted by Gasteiger charge is 2.32. The molecule has 0 radical (unpaired) electrons. The van der Waals surface area contributed by atoms with Crippen LogP contribution in [-0.4, -0.2) is 46.2 Å². The number of hydrogen-bond donors (Lipinski definition) is 1. The van der Waals surface area contributed by atoms with Crippen molar-refractivity contribution in [3.8, 4) is 0 Å². The Kier molecular flexibility index (Phi) is 6.17. The van der Waals surface area contributed by atoms with Crippen molar-refractivity contribution in [2.75, 3.05) is 18.8 Å². The molecule has 0 bridgehead atoms. The van der Waals surface area contributed by atoms with Gasteiger partial charge in [-0.05, 0) is 18.2 Å². The molecule has 1 N–H and O–H groups in total. The van der Waals surface area contributed by atoms with Crippen molar-refractivity contribution in [1.82, 2.24) is 10.2 Å². The van der Waals surface area contributed by atoms with Gasteiger partial charge in [-0.2, -0.15) is 0 Å². The molecule has 0 amide bonds. The summed E-state index contributed by atoms with van der Waals surface area (Å²) in [7, 11) is 0. The Hall–Kier alpha value is -0.0400. The van der Waals surface area contributed by atoms with E-state index in [4.69, 9.17) is 4.99 Å². The lowest BCUT2D eigenvalue weighted by Gasteiger charge is -2.23. The highest BCUT2D eigenvalue weighted by atomic mass is 35.5. The summed E-state index contributed by atoms with van der Waals surface area (Å²) in [6.45, 7) is 2.01. The summed E-state index contributed by atoms with van der Waals surface area (Å²) in [5.41, 5.74) is 1.39. The van der Waals surface area contributed by atoms with Gasteiger partial charge >= 0.3 is 0 Å². The fourth-order valence-corrected chi connectivity index (χ4v) is 5.12. The Bertz CT molecular complexity index is 481. The fourth-order valence-electron chi connectivity index (χ4n) is 3.09. The van der Waals surface area contributed by atoms with E-state index in [-0.39, 0.29) is 24.8 Å². The zero-order valence-corrected chi connectivity index (χ0v) is 14.9. The molecule has 118 valence electrons. The summed E-state index contributed by atoms with van der Waals surface area (Å²) in [4.78, 5) is 11.7. The Morgan fingerprint density at radius 3 is 3.05 bits per heavy atom. The molecule has 0 spiro atoms. The number of thioether (sulfide) groups is 2. The van der Waals surface area contributed by atoms with E-state index in [2.05, 4.69) is 20.6 Å². The van der Waals surface area contributed by atoms with Crippen LogP contribution >= 0.6 is 48.3 Å². The summed E-state index contributed by atoms with van der Waals surface area (Å²) in [6.07, 6.45) is 5.26. The van der Waals surface area contributed by atoms with Crippen LogP contribution in [0.3, 0.4) is 0 Å². The van der Waals surface area contributed by atoms with Crippen molar-refractivity contribution in [2.45, 2.75) is 37.8 Å². The maximum Gasteiger partial charge on any atom is 0.167 e. The highest BCUT2D eigenvalue weighted by molar-refractivity contribution is 8.17. The number of amidine groups is 2. The van der Waals surface area contributed by atoms with Crippen LogP contribution in [0.4, 0.5) is 0 Å². The van der Waals surface area contributed by atoms with Crippen molar-refractivity contribution >= 4 is 58.7 Å². The van der Waals surface area contributed by atoms with Gasteiger partial charge in [0, 0.05) is 18.0 Å². The van der Waals surface area contributed by atoms with E-state index >= 15 is 0 Å². The van der Waals surface area contributed by atoms with Gasteiger partial charge in [0.15, 0.2) is 10.3 Å². The Morgan fingerprint density at radius 1 is 1.33 bits per heavy atom. The van der Waals surface area contributed by atoms with Crippen LogP contribution in [0.15, 0.2) is 21.1 Å². The van der Waals surface area contributed by atoms with E-state index in [0.717, 1.165) is 24.0 Å². The van der Waals surface area contributed by atoms with Gasteiger partial charge in [-0.25, -0.2) is 0 Å². The number of nitrogens with one attached hydrogen (secondary N) is 1. The third-order valence-corrected chi connectivity index (χ3v) is 6.01. The van der Waals surface area contributed by atoms with Crippen molar-refractivity contribution in [2.24, 2.45) is 9.98 Å². The molecule has 0 aromatic carbocycles. The predicted molar refractivity (Wildman–Crippen MR) is 98.3 cm³/mol. The van der Waals surface area contributed by atoms with Crippen LogP contribution in [0, 0.1) is 0 Å². The largest absolute Gasteiger partial charge is 0.360 e. The third-order valence-electron chi connectivity index (χ3n) is 4.13. The molecule has 3 aliphatic heterocycles. The first-order valence-corrected chi connectivity index (χ1v) is 8.91. The molecule has 4 rings (SSSR count). The van der Waals surface area contributed by atoms with Crippen molar-refractivity contribution in [3.63, 3.8) is 0 Å². The van der Waals surface area contributed by atoms with E-state index in [1.165, 1.54) is 36.5 Å². The lowest BCUT2D eigenvalue weighted by Crippen LogP contribution is -2.36. The van der Waals surface area contributed by atoms with Crippen LogP contribution < -0.4 is 5.32 Å². The van der Waals surface area contributed by atoms with Gasteiger partial charge in [0.05, 0.1) is 18.6 Å². The van der Waals surface area contributed by atoms with E-state index in [9.17, 15) is 0 Å². The van der Waals surface area contributed by atoms with Crippen molar-refractivity contribution < 1.29 is 0 Å². The molecule has 1 fully saturated rings. The van der Waals surface area contributed by atoms with Gasteiger partial charge in [0.2, 0.25) is 0 Å². The van der Waals surface area contributed by atoms with Gasteiger partial charge in [-0.15, -0.1) is 24.8 Å². The second-order valence-corrected chi connectivity index (χ2v) is 7.17. The first kappa shape index (κ1) is 17.3.